The van der Waals surface area contributed by atoms with E-state index in [4.69, 9.17) is 16.3 Å². The Bertz CT molecular complexity index is 728. The molecule has 0 N–H and O–H groups in total. The molecule has 2 aromatic rings. The van der Waals surface area contributed by atoms with Crippen LogP contribution in [0.3, 0.4) is 0 Å². The Morgan fingerprint density at radius 3 is 2.28 bits per heavy atom. The van der Waals surface area contributed by atoms with Crippen LogP contribution in [0.1, 0.15) is 37.5 Å². The lowest BCUT2D eigenvalue weighted by Crippen LogP contribution is -2.32. The zero-order valence-corrected chi connectivity index (χ0v) is 15.9. The number of rotatable bonds is 5. The van der Waals surface area contributed by atoms with E-state index >= 15 is 0 Å². The van der Waals surface area contributed by atoms with E-state index in [0.29, 0.717) is 11.4 Å². The van der Waals surface area contributed by atoms with Gasteiger partial charge in [0.25, 0.3) is 0 Å². The highest BCUT2D eigenvalue weighted by molar-refractivity contribution is 6.30. The number of hydrogen-bond donors (Lipinski definition) is 0. The van der Waals surface area contributed by atoms with Crippen molar-refractivity contribution in [2.45, 2.75) is 45.8 Å². The zero-order chi connectivity index (χ0) is 18.4. The van der Waals surface area contributed by atoms with E-state index in [0.717, 1.165) is 11.1 Å². The molecule has 0 radical (unpaired) electrons. The van der Waals surface area contributed by atoms with Crippen molar-refractivity contribution in [1.29, 1.82) is 0 Å². The molecule has 0 unspecified atom stereocenters. The third kappa shape index (κ3) is 6.71. The first-order valence-corrected chi connectivity index (χ1v) is 8.68. The fourth-order valence-corrected chi connectivity index (χ4v) is 2.36. The van der Waals surface area contributed by atoms with E-state index < -0.39 is 11.6 Å². The van der Waals surface area contributed by atoms with Crippen molar-refractivity contribution in [3.05, 3.63) is 70.2 Å². The van der Waals surface area contributed by atoms with Gasteiger partial charge in [0, 0.05) is 17.7 Å². The standard InChI is InChI=1S/C21H24ClNO2/c1-15-5-7-16(8-6-15)13-19(20(24)25-21(2,3)4)23-14-17-9-11-18(22)12-10-17/h5-12,14,19H,13H2,1-4H3/t19-/m1/s1. The lowest BCUT2D eigenvalue weighted by atomic mass is 10.0. The summed E-state index contributed by atoms with van der Waals surface area (Å²) in [6.45, 7) is 7.61. The molecule has 0 fully saturated rings. The summed E-state index contributed by atoms with van der Waals surface area (Å²) in [5, 5.41) is 0.667. The Morgan fingerprint density at radius 1 is 1.12 bits per heavy atom. The Labute approximate surface area is 154 Å². The van der Waals surface area contributed by atoms with Crippen LogP contribution in [0.25, 0.3) is 0 Å². The molecule has 0 bridgehead atoms. The molecule has 4 heteroatoms. The van der Waals surface area contributed by atoms with Crippen LogP contribution in [0, 0.1) is 6.92 Å². The summed E-state index contributed by atoms with van der Waals surface area (Å²) in [7, 11) is 0. The first kappa shape index (κ1) is 19.2. The van der Waals surface area contributed by atoms with Gasteiger partial charge in [0.2, 0.25) is 0 Å². The Kier molecular flexibility index (Phi) is 6.38. The van der Waals surface area contributed by atoms with E-state index in [2.05, 4.69) is 4.99 Å². The lowest BCUT2D eigenvalue weighted by Gasteiger charge is -2.22. The van der Waals surface area contributed by atoms with Crippen LogP contribution in [-0.2, 0) is 16.0 Å². The average Bonchev–Trinajstić information content (AvgIpc) is 2.53. The van der Waals surface area contributed by atoms with Crippen molar-refractivity contribution in [1.82, 2.24) is 0 Å². The first-order valence-electron chi connectivity index (χ1n) is 8.30. The van der Waals surface area contributed by atoms with Gasteiger partial charge in [-0.2, -0.15) is 0 Å². The van der Waals surface area contributed by atoms with E-state index in [9.17, 15) is 4.79 Å². The molecular formula is C21H24ClNO2. The van der Waals surface area contributed by atoms with Crippen LogP contribution in [0.2, 0.25) is 5.02 Å². The SMILES string of the molecule is Cc1ccc(C[C@@H](N=Cc2ccc(Cl)cc2)C(=O)OC(C)(C)C)cc1. The van der Waals surface area contributed by atoms with Crippen LogP contribution < -0.4 is 0 Å². The largest absolute Gasteiger partial charge is 0.458 e. The number of aryl methyl sites for hydroxylation is 1. The number of esters is 1. The molecule has 0 aromatic heterocycles. The topological polar surface area (TPSA) is 38.7 Å². The highest BCUT2D eigenvalue weighted by Gasteiger charge is 2.24. The molecule has 1 atom stereocenters. The molecule has 0 saturated heterocycles. The summed E-state index contributed by atoms with van der Waals surface area (Å²) in [4.78, 5) is 17.0. The first-order chi connectivity index (χ1) is 11.7. The number of carbonyl (C=O) groups excluding carboxylic acids is 1. The van der Waals surface area contributed by atoms with Crippen molar-refractivity contribution < 1.29 is 9.53 Å². The fraction of sp³-hybridized carbons (Fsp3) is 0.333. The van der Waals surface area contributed by atoms with Gasteiger partial charge in [-0.25, -0.2) is 4.79 Å². The molecule has 25 heavy (non-hydrogen) atoms. The number of halogens is 1. The molecule has 0 aliphatic heterocycles. The maximum absolute atomic E-state index is 12.5. The highest BCUT2D eigenvalue weighted by Crippen LogP contribution is 2.15. The van der Waals surface area contributed by atoms with Gasteiger partial charge in [-0.05, 0) is 51.0 Å². The molecule has 0 amide bonds. The molecule has 0 aliphatic carbocycles. The van der Waals surface area contributed by atoms with Crippen molar-refractivity contribution in [3.63, 3.8) is 0 Å². The van der Waals surface area contributed by atoms with Crippen LogP contribution in [0.15, 0.2) is 53.5 Å². The van der Waals surface area contributed by atoms with Crippen molar-refractivity contribution in [3.8, 4) is 0 Å². The normalized spacial score (nSPS) is 13.0. The molecule has 2 rings (SSSR count). The summed E-state index contributed by atoms with van der Waals surface area (Å²) in [5.74, 6) is -0.321. The third-order valence-corrected chi connectivity index (χ3v) is 3.75. The van der Waals surface area contributed by atoms with Gasteiger partial charge in [0.1, 0.15) is 5.60 Å². The molecular weight excluding hydrogens is 334 g/mol. The van der Waals surface area contributed by atoms with E-state index in [1.165, 1.54) is 5.56 Å². The van der Waals surface area contributed by atoms with Gasteiger partial charge in [0.05, 0.1) is 0 Å². The molecule has 0 spiro atoms. The van der Waals surface area contributed by atoms with Gasteiger partial charge in [0.15, 0.2) is 6.04 Å². The average molecular weight is 358 g/mol. The summed E-state index contributed by atoms with van der Waals surface area (Å²) in [6, 6.07) is 14.8. The predicted molar refractivity (Wildman–Crippen MR) is 104 cm³/mol. The molecule has 0 heterocycles. The van der Waals surface area contributed by atoms with Crippen molar-refractivity contribution in [2.24, 2.45) is 4.99 Å². The summed E-state index contributed by atoms with van der Waals surface area (Å²) < 4.78 is 5.53. The molecule has 0 aliphatic rings. The molecule has 0 saturated carbocycles. The lowest BCUT2D eigenvalue weighted by molar-refractivity contribution is -0.156. The van der Waals surface area contributed by atoms with Crippen LogP contribution in [-0.4, -0.2) is 23.8 Å². The minimum absolute atomic E-state index is 0.321. The Balaban J connectivity index is 2.19. The monoisotopic (exact) mass is 357 g/mol. The molecule has 132 valence electrons. The summed E-state index contributed by atoms with van der Waals surface area (Å²) in [6.07, 6.45) is 2.19. The number of nitrogens with zero attached hydrogens (tertiary/aromatic N) is 1. The number of benzene rings is 2. The third-order valence-electron chi connectivity index (χ3n) is 3.50. The highest BCUT2D eigenvalue weighted by atomic mass is 35.5. The van der Waals surface area contributed by atoms with Gasteiger partial charge in [-0.3, -0.25) is 4.99 Å². The second-order valence-corrected chi connectivity index (χ2v) is 7.51. The maximum atomic E-state index is 12.5. The maximum Gasteiger partial charge on any atom is 0.331 e. The van der Waals surface area contributed by atoms with E-state index in [-0.39, 0.29) is 5.97 Å². The number of hydrogen-bond acceptors (Lipinski definition) is 3. The van der Waals surface area contributed by atoms with Gasteiger partial charge < -0.3 is 4.74 Å². The molecule has 2 aromatic carbocycles. The predicted octanol–water partition coefficient (Wildman–Crippen LogP) is 5.02. The quantitative estimate of drug-likeness (QED) is 0.556. The van der Waals surface area contributed by atoms with Gasteiger partial charge in [-0.15, -0.1) is 0 Å². The van der Waals surface area contributed by atoms with Gasteiger partial charge >= 0.3 is 5.97 Å². The second-order valence-electron chi connectivity index (χ2n) is 7.07. The van der Waals surface area contributed by atoms with Crippen LogP contribution in [0.5, 0.6) is 0 Å². The minimum Gasteiger partial charge on any atom is -0.458 e. The van der Waals surface area contributed by atoms with Crippen LogP contribution >= 0.6 is 11.6 Å². The molecule has 3 nitrogen and oxygen atoms in total. The van der Waals surface area contributed by atoms with Crippen molar-refractivity contribution in [2.75, 3.05) is 0 Å². The summed E-state index contributed by atoms with van der Waals surface area (Å²) >= 11 is 5.90. The number of aliphatic imine (C=N–C) groups is 1. The Morgan fingerprint density at radius 2 is 1.72 bits per heavy atom. The smallest absolute Gasteiger partial charge is 0.331 e. The van der Waals surface area contributed by atoms with Crippen molar-refractivity contribution >= 4 is 23.8 Å². The zero-order valence-electron chi connectivity index (χ0n) is 15.1. The fourth-order valence-electron chi connectivity index (χ4n) is 2.24. The van der Waals surface area contributed by atoms with Gasteiger partial charge in [-0.1, -0.05) is 53.6 Å². The number of carbonyl (C=O) groups is 1. The Hall–Kier alpha value is -2.13. The van der Waals surface area contributed by atoms with E-state index in [1.807, 2.05) is 64.1 Å². The van der Waals surface area contributed by atoms with Crippen LogP contribution in [0.4, 0.5) is 0 Å². The second kappa shape index (κ2) is 8.30. The van der Waals surface area contributed by atoms with E-state index in [1.54, 1.807) is 18.3 Å². The minimum atomic E-state index is -0.586. The number of ether oxygens (including phenoxy) is 1. The summed E-state index contributed by atoms with van der Waals surface area (Å²) in [5.41, 5.74) is 2.58.